The zero-order chi connectivity index (χ0) is 23.1. The molecule has 0 aromatic heterocycles. The fourth-order valence-corrected chi connectivity index (χ4v) is 3.71. The first-order chi connectivity index (χ1) is 15.3. The lowest BCUT2D eigenvalue weighted by molar-refractivity contribution is -0.118. The molecule has 0 aliphatic rings. The molecule has 0 aliphatic carbocycles. The van der Waals surface area contributed by atoms with Crippen molar-refractivity contribution >= 4 is 33.2 Å². The molecule has 0 radical (unpaired) electrons. The highest BCUT2D eigenvalue weighted by atomic mass is 32.2. The smallest absolute Gasteiger partial charge is 0.262 e. The van der Waals surface area contributed by atoms with E-state index in [0.29, 0.717) is 28.4 Å². The number of nitrogens with two attached hydrogens (primary N) is 1. The first-order valence-electron chi connectivity index (χ1n) is 9.36. The predicted octanol–water partition coefficient (Wildman–Crippen LogP) is 2.61. The van der Waals surface area contributed by atoms with Gasteiger partial charge in [0.25, 0.3) is 15.9 Å². The molecule has 3 aromatic carbocycles. The van der Waals surface area contributed by atoms with Gasteiger partial charge in [-0.25, -0.2) is 8.42 Å². The lowest BCUT2D eigenvalue weighted by atomic mass is 10.2. The van der Waals surface area contributed by atoms with E-state index >= 15 is 0 Å². The number of nitrogens with one attached hydrogen (secondary N) is 2. The summed E-state index contributed by atoms with van der Waals surface area (Å²) < 4.78 is 38.0. The van der Waals surface area contributed by atoms with Crippen molar-refractivity contribution in [3.05, 3.63) is 78.4 Å². The number of carbonyl (C=O) groups is 2. The molecule has 0 saturated carbocycles. The summed E-state index contributed by atoms with van der Waals surface area (Å²) in [6.07, 6.45) is 0. The highest BCUT2D eigenvalue weighted by Crippen LogP contribution is 2.21. The maximum Gasteiger partial charge on any atom is 0.262 e. The summed E-state index contributed by atoms with van der Waals surface area (Å²) in [5, 5.41) is 2.62. The molecule has 0 bridgehead atoms. The summed E-state index contributed by atoms with van der Waals surface area (Å²) in [6, 6.07) is 18.2. The second-order valence-electron chi connectivity index (χ2n) is 6.58. The van der Waals surface area contributed by atoms with Gasteiger partial charge in [0.2, 0.25) is 5.91 Å². The van der Waals surface area contributed by atoms with E-state index in [1.807, 2.05) is 0 Å². The Bertz CT molecular complexity index is 1190. The third-order valence-electron chi connectivity index (χ3n) is 4.30. The third-order valence-corrected chi connectivity index (χ3v) is 5.70. The van der Waals surface area contributed by atoms with Crippen LogP contribution in [0.4, 0.5) is 11.4 Å². The minimum atomic E-state index is -3.79. The van der Waals surface area contributed by atoms with E-state index in [0.717, 1.165) is 0 Å². The monoisotopic (exact) mass is 455 g/mol. The predicted molar refractivity (Wildman–Crippen MR) is 119 cm³/mol. The Hall–Kier alpha value is -4.05. The van der Waals surface area contributed by atoms with E-state index in [1.165, 1.54) is 43.5 Å². The number of benzene rings is 3. The summed E-state index contributed by atoms with van der Waals surface area (Å²) in [7, 11) is -2.27. The molecule has 32 heavy (non-hydrogen) atoms. The van der Waals surface area contributed by atoms with Crippen LogP contribution in [0.15, 0.2) is 77.7 Å². The molecule has 9 nitrogen and oxygen atoms in total. The largest absolute Gasteiger partial charge is 0.497 e. The van der Waals surface area contributed by atoms with Gasteiger partial charge < -0.3 is 20.5 Å². The van der Waals surface area contributed by atoms with Crippen LogP contribution < -0.4 is 25.2 Å². The number of amides is 2. The molecule has 0 unspecified atom stereocenters. The summed E-state index contributed by atoms with van der Waals surface area (Å²) in [6.45, 7) is -0.284. The van der Waals surface area contributed by atoms with Gasteiger partial charge in [0.15, 0.2) is 6.61 Å². The van der Waals surface area contributed by atoms with E-state index in [4.69, 9.17) is 15.2 Å². The molecule has 0 aliphatic heterocycles. The van der Waals surface area contributed by atoms with Crippen molar-refractivity contribution in [1.82, 2.24) is 0 Å². The van der Waals surface area contributed by atoms with Crippen LogP contribution in [0.5, 0.6) is 11.5 Å². The van der Waals surface area contributed by atoms with Crippen molar-refractivity contribution in [3.63, 3.8) is 0 Å². The minimum absolute atomic E-state index is 0.0414. The zero-order valence-electron chi connectivity index (χ0n) is 17.1. The fourth-order valence-electron chi connectivity index (χ4n) is 2.65. The summed E-state index contributed by atoms with van der Waals surface area (Å²) in [4.78, 5) is 23.1. The van der Waals surface area contributed by atoms with Gasteiger partial charge in [-0.15, -0.1) is 0 Å². The van der Waals surface area contributed by atoms with Gasteiger partial charge in [-0.1, -0.05) is 0 Å². The average Bonchev–Trinajstić information content (AvgIpc) is 2.78. The normalized spacial score (nSPS) is 10.8. The van der Waals surface area contributed by atoms with Gasteiger partial charge >= 0.3 is 0 Å². The molecule has 0 heterocycles. The van der Waals surface area contributed by atoms with Crippen LogP contribution in [0.2, 0.25) is 0 Å². The molecule has 0 saturated heterocycles. The van der Waals surface area contributed by atoms with E-state index < -0.39 is 21.8 Å². The number of primary amides is 1. The van der Waals surface area contributed by atoms with E-state index in [-0.39, 0.29) is 11.5 Å². The Morgan fingerprint density at radius 1 is 0.844 bits per heavy atom. The van der Waals surface area contributed by atoms with Crippen LogP contribution >= 0.6 is 0 Å². The van der Waals surface area contributed by atoms with Crippen LogP contribution in [0.25, 0.3) is 0 Å². The Kier molecular flexibility index (Phi) is 6.96. The Morgan fingerprint density at radius 3 is 1.97 bits per heavy atom. The molecule has 4 N–H and O–H groups in total. The van der Waals surface area contributed by atoms with Gasteiger partial charge in [-0.2, -0.15) is 0 Å². The van der Waals surface area contributed by atoms with Crippen LogP contribution in [0, 0.1) is 0 Å². The summed E-state index contributed by atoms with van der Waals surface area (Å²) >= 11 is 0. The number of ether oxygens (including phenoxy) is 2. The Morgan fingerprint density at radius 2 is 1.41 bits per heavy atom. The molecule has 166 valence electrons. The number of methoxy groups -OCH3 is 1. The van der Waals surface area contributed by atoms with Crippen molar-refractivity contribution in [1.29, 1.82) is 0 Å². The maximum atomic E-state index is 12.5. The number of sulfonamides is 1. The summed E-state index contributed by atoms with van der Waals surface area (Å²) in [5.41, 5.74) is 6.38. The number of hydrogen-bond donors (Lipinski definition) is 3. The Balaban J connectivity index is 1.55. The SMILES string of the molecule is COc1ccc(NS(=O)(=O)c2ccc(OCC(=O)Nc3ccc(C(N)=O)cc3)cc2)cc1. The molecule has 0 atom stereocenters. The average molecular weight is 455 g/mol. The third kappa shape index (κ3) is 5.99. The van der Waals surface area contributed by atoms with Crippen LogP contribution in [-0.4, -0.2) is 33.9 Å². The van der Waals surface area contributed by atoms with Gasteiger partial charge in [-0.05, 0) is 72.8 Å². The highest BCUT2D eigenvalue weighted by Gasteiger charge is 2.14. The minimum Gasteiger partial charge on any atom is -0.497 e. The molecule has 2 amide bonds. The number of anilines is 2. The van der Waals surface area contributed by atoms with Gasteiger partial charge in [-0.3, -0.25) is 14.3 Å². The number of rotatable bonds is 9. The summed E-state index contributed by atoms with van der Waals surface area (Å²) in [5.74, 6) is -0.0423. The second kappa shape index (κ2) is 9.84. The van der Waals surface area contributed by atoms with Crippen molar-refractivity contribution in [3.8, 4) is 11.5 Å². The lowest BCUT2D eigenvalue weighted by Gasteiger charge is -2.10. The van der Waals surface area contributed by atoms with Gasteiger partial charge in [0.05, 0.1) is 12.0 Å². The zero-order valence-corrected chi connectivity index (χ0v) is 17.9. The van der Waals surface area contributed by atoms with Crippen molar-refractivity contribution in [2.45, 2.75) is 4.90 Å². The van der Waals surface area contributed by atoms with E-state index in [2.05, 4.69) is 10.0 Å². The first-order valence-corrected chi connectivity index (χ1v) is 10.8. The molecule has 10 heteroatoms. The number of hydrogen-bond acceptors (Lipinski definition) is 6. The highest BCUT2D eigenvalue weighted by molar-refractivity contribution is 7.92. The first kappa shape index (κ1) is 22.6. The van der Waals surface area contributed by atoms with Crippen molar-refractivity contribution in [2.24, 2.45) is 5.73 Å². The van der Waals surface area contributed by atoms with Crippen molar-refractivity contribution in [2.75, 3.05) is 23.8 Å². The lowest BCUT2D eigenvalue weighted by Crippen LogP contribution is -2.20. The van der Waals surface area contributed by atoms with Crippen molar-refractivity contribution < 1.29 is 27.5 Å². The molecule has 3 aromatic rings. The topological polar surface area (TPSA) is 137 Å². The molecular weight excluding hydrogens is 434 g/mol. The maximum absolute atomic E-state index is 12.5. The molecule has 3 rings (SSSR count). The molecule has 0 fully saturated rings. The quantitative estimate of drug-likeness (QED) is 0.454. The van der Waals surface area contributed by atoms with E-state index in [1.54, 1.807) is 36.4 Å². The number of carbonyl (C=O) groups excluding carboxylic acids is 2. The van der Waals surface area contributed by atoms with Gasteiger partial charge in [0.1, 0.15) is 11.5 Å². The molecule has 0 spiro atoms. The van der Waals surface area contributed by atoms with Crippen LogP contribution in [-0.2, 0) is 14.8 Å². The Labute approximate surface area is 185 Å². The van der Waals surface area contributed by atoms with Crippen LogP contribution in [0.3, 0.4) is 0 Å². The fraction of sp³-hybridized carbons (Fsp3) is 0.0909. The molecular formula is C22H21N3O6S. The van der Waals surface area contributed by atoms with Crippen LogP contribution in [0.1, 0.15) is 10.4 Å². The second-order valence-corrected chi connectivity index (χ2v) is 8.27. The van der Waals surface area contributed by atoms with Gasteiger partial charge in [0, 0.05) is 16.9 Å². The van der Waals surface area contributed by atoms with E-state index in [9.17, 15) is 18.0 Å². The standard InChI is InChI=1S/C22H21N3O6S/c1-30-18-8-6-17(7-9-18)25-32(28,29)20-12-10-19(11-13-20)31-14-21(26)24-16-4-2-15(3-5-16)22(23)27/h2-13,25H,14H2,1H3,(H2,23,27)(H,24,26).